The van der Waals surface area contributed by atoms with Crippen molar-refractivity contribution < 1.29 is 12.8 Å². The van der Waals surface area contributed by atoms with Gasteiger partial charge in [-0.05, 0) is 62.5 Å². The van der Waals surface area contributed by atoms with Gasteiger partial charge in [0.1, 0.15) is 5.82 Å². The molecule has 1 aliphatic rings. The van der Waals surface area contributed by atoms with Gasteiger partial charge in [0.05, 0.1) is 11.4 Å². The molecule has 19 heavy (non-hydrogen) atoms. The van der Waals surface area contributed by atoms with Crippen LogP contribution in [0.5, 0.6) is 0 Å². The first kappa shape index (κ1) is 14.3. The maximum atomic E-state index is 13.0. The molecule has 0 aromatic heterocycles. The first-order chi connectivity index (χ1) is 8.96. The third-order valence-electron chi connectivity index (χ3n) is 3.37. The van der Waals surface area contributed by atoms with Crippen LogP contribution < -0.4 is 10.0 Å². The van der Waals surface area contributed by atoms with Crippen LogP contribution in [0.15, 0.2) is 18.2 Å². The Bertz CT molecular complexity index is 540. The first-order valence-corrected chi connectivity index (χ1v) is 8.09. The number of anilines is 1. The van der Waals surface area contributed by atoms with Crippen LogP contribution in [-0.4, -0.2) is 27.3 Å². The van der Waals surface area contributed by atoms with Crippen molar-refractivity contribution in [3.05, 3.63) is 29.6 Å². The molecule has 1 fully saturated rings. The standard InChI is InChI=1S/C13H19FN2O2S/c1-10-8-12(14)2-3-13(10)16-19(17,18)9-11-4-6-15-7-5-11/h2-3,8,11,15-16H,4-7,9H2,1H3. The molecule has 0 spiro atoms. The number of rotatable bonds is 4. The maximum absolute atomic E-state index is 13.0. The predicted molar refractivity (Wildman–Crippen MR) is 74.1 cm³/mol. The normalized spacial score (nSPS) is 17.4. The summed E-state index contributed by atoms with van der Waals surface area (Å²) in [5, 5.41) is 3.21. The van der Waals surface area contributed by atoms with Crippen molar-refractivity contribution in [2.24, 2.45) is 5.92 Å². The van der Waals surface area contributed by atoms with Crippen molar-refractivity contribution in [3.63, 3.8) is 0 Å². The Balaban J connectivity index is 2.03. The number of halogens is 1. The van der Waals surface area contributed by atoms with Gasteiger partial charge in [0.25, 0.3) is 0 Å². The van der Waals surface area contributed by atoms with Crippen LogP contribution in [0, 0.1) is 18.7 Å². The summed E-state index contributed by atoms with van der Waals surface area (Å²) in [5.74, 6) is -0.0378. The highest BCUT2D eigenvalue weighted by Gasteiger charge is 2.21. The Labute approximate surface area is 113 Å². The fourth-order valence-corrected chi connectivity index (χ4v) is 3.91. The number of benzene rings is 1. The molecule has 1 heterocycles. The predicted octanol–water partition coefficient (Wildman–Crippen LogP) is 1.88. The number of aryl methyl sites for hydroxylation is 1. The van der Waals surface area contributed by atoms with Gasteiger partial charge in [0.15, 0.2) is 0 Å². The van der Waals surface area contributed by atoms with Crippen molar-refractivity contribution in [2.45, 2.75) is 19.8 Å². The minimum atomic E-state index is -3.37. The van der Waals surface area contributed by atoms with Crippen molar-refractivity contribution in [3.8, 4) is 0 Å². The topological polar surface area (TPSA) is 58.2 Å². The van der Waals surface area contributed by atoms with Crippen LogP contribution in [-0.2, 0) is 10.0 Å². The van der Waals surface area contributed by atoms with E-state index >= 15 is 0 Å². The lowest BCUT2D eigenvalue weighted by Crippen LogP contribution is -2.33. The Morgan fingerprint density at radius 1 is 1.37 bits per heavy atom. The maximum Gasteiger partial charge on any atom is 0.233 e. The molecule has 1 aromatic carbocycles. The summed E-state index contributed by atoms with van der Waals surface area (Å²) in [6.45, 7) is 3.43. The van der Waals surface area contributed by atoms with Crippen LogP contribution in [0.2, 0.25) is 0 Å². The molecule has 0 aliphatic carbocycles. The molecule has 2 N–H and O–H groups in total. The van der Waals surface area contributed by atoms with E-state index in [0.717, 1.165) is 25.9 Å². The molecule has 6 heteroatoms. The molecule has 1 aliphatic heterocycles. The second-order valence-corrected chi connectivity index (χ2v) is 6.80. The van der Waals surface area contributed by atoms with Crippen LogP contribution >= 0.6 is 0 Å². The molecule has 0 radical (unpaired) electrons. The number of sulfonamides is 1. The van der Waals surface area contributed by atoms with Gasteiger partial charge in [0.2, 0.25) is 10.0 Å². The largest absolute Gasteiger partial charge is 0.317 e. The van der Waals surface area contributed by atoms with Gasteiger partial charge < -0.3 is 5.32 Å². The number of hydrogen-bond acceptors (Lipinski definition) is 3. The SMILES string of the molecule is Cc1cc(F)ccc1NS(=O)(=O)CC1CCNCC1. The number of nitrogens with one attached hydrogen (secondary N) is 2. The fourth-order valence-electron chi connectivity index (χ4n) is 2.31. The average molecular weight is 286 g/mol. The zero-order valence-corrected chi connectivity index (χ0v) is 11.8. The molecule has 4 nitrogen and oxygen atoms in total. The van der Waals surface area contributed by atoms with E-state index in [2.05, 4.69) is 10.0 Å². The summed E-state index contributed by atoms with van der Waals surface area (Å²) in [4.78, 5) is 0. The molecular formula is C13H19FN2O2S. The highest BCUT2D eigenvalue weighted by molar-refractivity contribution is 7.92. The highest BCUT2D eigenvalue weighted by atomic mass is 32.2. The van der Waals surface area contributed by atoms with Crippen LogP contribution in [0.1, 0.15) is 18.4 Å². The Morgan fingerprint density at radius 2 is 2.05 bits per heavy atom. The van der Waals surface area contributed by atoms with Gasteiger partial charge in [-0.25, -0.2) is 12.8 Å². The Morgan fingerprint density at radius 3 is 2.68 bits per heavy atom. The van der Waals surface area contributed by atoms with Crippen molar-refractivity contribution >= 4 is 15.7 Å². The van der Waals surface area contributed by atoms with E-state index in [1.54, 1.807) is 6.92 Å². The summed E-state index contributed by atoms with van der Waals surface area (Å²) in [6.07, 6.45) is 1.76. The molecule has 1 aromatic rings. The second-order valence-electron chi connectivity index (χ2n) is 5.04. The summed E-state index contributed by atoms with van der Waals surface area (Å²) >= 11 is 0. The highest BCUT2D eigenvalue weighted by Crippen LogP contribution is 2.20. The van der Waals surface area contributed by atoms with E-state index in [-0.39, 0.29) is 17.5 Å². The van der Waals surface area contributed by atoms with Gasteiger partial charge in [-0.3, -0.25) is 4.72 Å². The van der Waals surface area contributed by atoms with E-state index in [1.807, 2.05) is 0 Å². The van der Waals surface area contributed by atoms with Crippen molar-refractivity contribution in [1.29, 1.82) is 0 Å². The van der Waals surface area contributed by atoms with E-state index in [0.29, 0.717) is 11.3 Å². The van der Waals surface area contributed by atoms with E-state index < -0.39 is 10.0 Å². The van der Waals surface area contributed by atoms with Crippen LogP contribution in [0.4, 0.5) is 10.1 Å². The molecule has 1 saturated heterocycles. The fraction of sp³-hybridized carbons (Fsp3) is 0.538. The lowest BCUT2D eigenvalue weighted by Gasteiger charge is -2.22. The third-order valence-corrected chi connectivity index (χ3v) is 4.81. The average Bonchev–Trinajstić information content (AvgIpc) is 2.33. The third kappa shape index (κ3) is 4.18. The lowest BCUT2D eigenvalue weighted by molar-refractivity contribution is 0.402. The van der Waals surface area contributed by atoms with E-state index in [1.165, 1.54) is 18.2 Å². The zero-order valence-electron chi connectivity index (χ0n) is 10.9. The van der Waals surface area contributed by atoms with Gasteiger partial charge in [0, 0.05) is 0 Å². The van der Waals surface area contributed by atoms with Gasteiger partial charge >= 0.3 is 0 Å². The van der Waals surface area contributed by atoms with Crippen molar-refractivity contribution in [2.75, 3.05) is 23.6 Å². The molecule has 0 bridgehead atoms. The van der Waals surface area contributed by atoms with Crippen LogP contribution in [0.25, 0.3) is 0 Å². The Hall–Kier alpha value is -1.14. The van der Waals surface area contributed by atoms with Gasteiger partial charge in [-0.15, -0.1) is 0 Å². The van der Waals surface area contributed by atoms with Crippen molar-refractivity contribution in [1.82, 2.24) is 5.32 Å². The Kier molecular flexibility index (Phi) is 4.42. The van der Waals surface area contributed by atoms with E-state index in [9.17, 15) is 12.8 Å². The molecule has 0 saturated carbocycles. The minimum Gasteiger partial charge on any atom is -0.317 e. The minimum absolute atomic E-state index is 0.130. The molecule has 0 amide bonds. The molecular weight excluding hydrogens is 267 g/mol. The first-order valence-electron chi connectivity index (χ1n) is 6.44. The van der Waals surface area contributed by atoms with Gasteiger partial charge in [-0.2, -0.15) is 0 Å². The second kappa shape index (κ2) is 5.88. The van der Waals surface area contributed by atoms with E-state index in [4.69, 9.17) is 0 Å². The van der Waals surface area contributed by atoms with Crippen LogP contribution in [0.3, 0.4) is 0 Å². The number of piperidine rings is 1. The monoisotopic (exact) mass is 286 g/mol. The lowest BCUT2D eigenvalue weighted by atomic mass is 10.0. The molecule has 0 atom stereocenters. The summed E-state index contributed by atoms with van der Waals surface area (Å²) in [7, 11) is -3.37. The zero-order chi connectivity index (χ0) is 13.9. The van der Waals surface area contributed by atoms with Gasteiger partial charge in [-0.1, -0.05) is 0 Å². The molecule has 0 unspecified atom stereocenters. The number of hydrogen-bond donors (Lipinski definition) is 2. The summed E-state index contributed by atoms with van der Waals surface area (Å²) < 4.78 is 39.7. The summed E-state index contributed by atoms with van der Waals surface area (Å²) in [6, 6.07) is 4.04. The molecule has 106 valence electrons. The summed E-state index contributed by atoms with van der Waals surface area (Å²) in [5.41, 5.74) is 1.05. The molecule has 2 rings (SSSR count). The quantitative estimate of drug-likeness (QED) is 0.888. The smallest absolute Gasteiger partial charge is 0.233 e.